The number of hydrogen-bond donors (Lipinski definition) is 2. The van der Waals surface area contributed by atoms with Gasteiger partial charge in [0.1, 0.15) is 0 Å². The molecule has 18 heavy (non-hydrogen) atoms. The van der Waals surface area contributed by atoms with E-state index in [4.69, 9.17) is 17.3 Å². The molecule has 0 aliphatic heterocycles. The Kier molecular flexibility index (Phi) is 4.17. The first kappa shape index (κ1) is 12.9. The minimum absolute atomic E-state index is 0.0738. The maximum Gasteiger partial charge on any atom is 0.226 e. The minimum atomic E-state index is -0.0738. The Bertz CT molecular complexity index is 539. The molecule has 3 N–H and O–H groups in total. The third kappa shape index (κ3) is 3.72. The Morgan fingerprint density at radius 2 is 2.11 bits per heavy atom. The van der Waals surface area contributed by atoms with Crippen molar-refractivity contribution >= 4 is 34.0 Å². The number of nitrogens with one attached hydrogen (secondary N) is 1. The number of carbonyl (C=O) groups is 1. The lowest BCUT2D eigenvalue weighted by molar-refractivity contribution is -0.120. The maximum atomic E-state index is 11.6. The number of rotatable bonds is 4. The molecule has 94 valence electrons. The molecule has 0 spiro atoms. The summed E-state index contributed by atoms with van der Waals surface area (Å²) in [7, 11) is 0. The van der Waals surface area contributed by atoms with E-state index in [9.17, 15) is 4.79 Å². The second-order valence-corrected chi connectivity index (χ2v) is 5.08. The molecular formula is C12H12ClN3OS. The van der Waals surface area contributed by atoms with E-state index in [0.29, 0.717) is 22.4 Å². The fourth-order valence-electron chi connectivity index (χ4n) is 1.43. The van der Waals surface area contributed by atoms with Crippen LogP contribution in [-0.4, -0.2) is 10.9 Å². The van der Waals surface area contributed by atoms with Crippen LogP contribution in [0.3, 0.4) is 0 Å². The first-order chi connectivity index (χ1) is 8.63. The lowest BCUT2D eigenvalue weighted by Crippen LogP contribution is -2.24. The molecule has 0 saturated heterocycles. The van der Waals surface area contributed by atoms with Crippen LogP contribution in [-0.2, 0) is 17.8 Å². The Labute approximate surface area is 114 Å². The number of anilines is 1. The van der Waals surface area contributed by atoms with Gasteiger partial charge in [0, 0.05) is 16.9 Å². The van der Waals surface area contributed by atoms with Crippen LogP contribution in [0.15, 0.2) is 29.6 Å². The van der Waals surface area contributed by atoms with E-state index in [-0.39, 0.29) is 12.3 Å². The summed E-state index contributed by atoms with van der Waals surface area (Å²) in [5.41, 5.74) is 7.20. The van der Waals surface area contributed by atoms with E-state index in [1.165, 1.54) is 11.3 Å². The average molecular weight is 282 g/mol. The molecule has 0 fully saturated rings. The molecule has 4 nitrogen and oxygen atoms in total. The van der Waals surface area contributed by atoms with E-state index >= 15 is 0 Å². The highest BCUT2D eigenvalue weighted by Crippen LogP contribution is 2.12. The Morgan fingerprint density at radius 3 is 2.72 bits per heavy atom. The number of nitrogens with zero attached hydrogens (tertiary/aromatic N) is 1. The third-order valence-electron chi connectivity index (χ3n) is 2.31. The van der Waals surface area contributed by atoms with Crippen molar-refractivity contribution in [3.63, 3.8) is 0 Å². The maximum absolute atomic E-state index is 11.6. The molecule has 1 amide bonds. The molecular weight excluding hydrogens is 270 g/mol. The van der Waals surface area contributed by atoms with Gasteiger partial charge in [0.15, 0.2) is 5.13 Å². The van der Waals surface area contributed by atoms with Crippen molar-refractivity contribution in [2.45, 2.75) is 13.0 Å². The topological polar surface area (TPSA) is 68.0 Å². The summed E-state index contributed by atoms with van der Waals surface area (Å²) in [5, 5.41) is 5.77. The summed E-state index contributed by atoms with van der Waals surface area (Å²) >= 11 is 7.11. The summed E-state index contributed by atoms with van der Waals surface area (Å²) < 4.78 is 0. The highest BCUT2D eigenvalue weighted by atomic mass is 35.5. The molecule has 0 aliphatic rings. The summed E-state index contributed by atoms with van der Waals surface area (Å²) in [5.74, 6) is -0.0738. The van der Waals surface area contributed by atoms with E-state index in [1.807, 2.05) is 12.1 Å². The van der Waals surface area contributed by atoms with Crippen LogP contribution in [0.5, 0.6) is 0 Å². The van der Waals surface area contributed by atoms with E-state index in [2.05, 4.69) is 10.3 Å². The van der Waals surface area contributed by atoms with Gasteiger partial charge in [0.25, 0.3) is 0 Å². The first-order valence-electron chi connectivity index (χ1n) is 5.34. The van der Waals surface area contributed by atoms with Gasteiger partial charge in [-0.05, 0) is 17.7 Å². The molecule has 0 unspecified atom stereocenters. The van der Waals surface area contributed by atoms with Gasteiger partial charge < -0.3 is 11.1 Å². The zero-order chi connectivity index (χ0) is 13.0. The standard InChI is InChI=1S/C12H12ClN3OS/c13-9-3-1-8(2-4-9)6-15-11(17)5-10-7-18-12(14)16-10/h1-4,7H,5-6H2,(H2,14,16)(H,15,17). The van der Waals surface area contributed by atoms with Gasteiger partial charge in [0.05, 0.1) is 12.1 Å². The van der Waals surface area contributed by atoms with E-state index in [1.54, 1.807) is 17.5 Å². The van der Waals surface area contributed by atoms with Crippen LogP contribution in [0.4, 0.5) is 5.13 Å². The van der Waals surface area contributed by atoms with Gasteiger partial charge in [0.2, 0.25) is 5.91 Å². The number of halogens is 1. The monoisotopic (exact) mass is 281 g/mol. The van der Waals surface area contributed by atoms with Crippen molar-refractivity contribution < 1.29 is 4.79 Å². The molecule has 0 saturated carbocycles. The largest absolute Gasteiger partial charge is 0.375 e. The van der Waals surface area contributed by atoms with Gasteiger partial charge in [-0.3, -0.25) is 4.79 Å². The van der Waals surface area contributed by atoms with Crippen LogP contribution in [0.25, 0.3) is 0 Å². The fourth-order valence-corrected chi connectivity index (χ4v) is 2.12. The van der Waals surface area contributed by atoms with Crippen molar-refractivity contribution in [2.24, 2.45) is 0 Å². The van der Waals surface area contributed by atoms with Gasteiger partial charge in [-0.2, -0.15) is 0 Å². The lowest BCUT2D eigenvalue weighted by Gasteiger charge is -2.04. The molecule has 0 aliphatic carbocycles. The van der Waals surface area contributed by atoms with Gasteiger partial charge in [-0.15, -0.1) is 11.3 Å². The molecule has 0 atom stereocenters. The predicted octanol–water partition coefficient (Wildman–Crippen LogP) is 2.24. The van der Waals surface area contributed by atoms with Crippen LogP contribution in [0.2, 0.25) is 5.02 Å². The van der Waals surface area contributed by atoms with Crippen LogP contribution in [0, 0.1) is 0 Å². The molecule has 0 radical (unpaired) electrons. The first-order valence-corrected chi connectivity index (χ1v) is 6.60. The summed E-state index contributed by atoms with van der Waals surface area (Å²) in [6.45, 7) is 0.482. The molecule has 2 rings (SSSR count). The minimum Gasteiger partial charge on any atom is -0.375 e. The second-order valence-electron chi connectivity index (χ2n) is 3.76. The van der Waals surface area contributed by atoms with Crippen LogP contribution < -0.4 is 11.1 Å². The molecule has 1 heterocycles. The van der Waals surface area contributed by atoms with Crippen LogP contribution >= 0.6 is 22.9 Å². The van der Waals surface area contributed by atoms with Gasteiger partial charge in [-0.25, -0.2) is 4.98 Å². The van der Waals surface area contributed by atoms with Crippen molar-refractivity contribution in [3.05, 3.63) is 45.9 Å². The van der Waals surface area contributed by atoms with Gasteiger partial charge in [-0.1, -0.05) is 23.7 Å². The number of nitrogens with two attached hydrogens (primary N) is 1. The number of aromatic nitrogens is 1. The molecule has 0 bridgehead atoms. The average Bonchev–Trinajstić information content (AvgIpc) is 2.74. The summed E-state index contributed by atoms with van der Waals surface area (Å²) in [6.07, 6.45) is 0.251. The Hall–Kier alpha value is -1.59. The summed E-state index contributed by atoms with van der Waals surface area (Å²) in [6, 6.07) is 7.35. The Balaban J connectivity index is 1.83. The molecule has 1 aromatic heterocycles. The summed E-state index contributed by atoms with van der Waals surface area (Å²) in [4.78, 5) is 15.7. The van der Waals surface area contributed by atoms with Crippen molar-refractivity contribution in [1.29, 1.82) is 0 Å². The Morgan fingerprint density at radius 1 is 1.39 bits per heavy atom. The molecule has 1 aromatic carbocycles. The fraction of sp³-hybridized carbons (Fsp3) is 0.167. The van der Waals surface area contributed by atoms with Crippen molar-refractivity contribution in [3.8, 4) is 0 Å². The van der Waals surface area contributed by atoms with Crippen LogP contribution in [0.1, 0.15) is 11.3 Å². The third-order valence-corrected chi connectivity index (χ3v) is 3.29. The number of carbonyl (C=O) groups excluding carboxylic acids is 1. The van der Waals surface area contributed by atoms with E-state index in [0.717, 1.165) is 5.56 Å². The normalized spacial score (nSPS) is 10.3. The van der Waals surface area contributed by atoms with Crippen molar-refractivity contribution in [1.82, 2.24) is 10.3 Å². The predicted molar refractivity (Wildman–Crippen MR) is 73.5 cm³/mol. The zero-order valence-corrected chi connectivity index (χ0v) is 11.1. The lowest BCUT2D eigenvalue weighted by atomic mass is 10.2. The quantitative estimate of drug-likeness (QED) is 0.903. The highest BCUT2D eigenvalue weighted by molar-refractivity contribution is 7.13. The number of benzene rings is 1. The molecule has 6 heteroatoms. The molecule has 2 aromatic rings. The second kappa shape index (κ2) is 5.84. The van der Waals surface area contributed by atoms with Gasteiger partial charge >= 0.3 is 0 Å². The number of hydrogen-bond acceptors (Lipinski definition) is 4. The number of nitrogen functional groups attached to an aromatic ring is 1. The zero-order valence-electron chi connectivity index (χ0n) is 9.52. The highest BCUT2D eigenvalue weighted by Gasteiger charge is 2.06. The number of thiazole rings is 1. The smallest absolute Gasteiger partial charge is 0.226 e. The van der Waals surface area contributed by atoms with E-state index < -0.39 is 0 Å². The SMILES string of the molecule is Nc1nc(CC(=O)NCc2ccc(Cl)cc2)cs1. The number of amides is 1. The van der Waals surface area contributed by atoms with Crippen molar-refractivity contribution in [2.75, 3.05) is 5.73 Å².